The van der Waals surface area contributed by atoms with Crippen LogP contribution in [-0.4, -0.2) is 45.8 Å². The highest BCUT2D eigenvalue weighted by Crippen LogP contribution is 2.07. The van der Waals surface area contributed by atoms with Crippen molar-refractivity contribution in [2.75, 3.05) is 31.8 Å². The lowest BCUT2D eigenvalue weighted by Gasteiger charge is -2.06. The minimum absolute atomic E-state index is 0.0758. The van der Waals surface area contributed by atoms with Gasteiger partial charge in [0.2, 0.25) is 10.0 Å². The summed E-state index contributed by atoms with van der Waals surface area (Å²) in [7, 11) is -0.613. The van der Waals surface area contributed by atoms with Gasteiger partial charge >= 0.3 is 5.97 Å². The summed E-state index contributed by atoms with van der Waals surface area (Å²) in [6.45, 7) is 0.195. The van der Waals surface area contributed by atoms with Gasteiger partial charge in [-0.2, -0.15) is 0 Å². The monoisotopic (exact) mass is 273 g/mol. The second-order valence-electron chi connectivity index (χ2n) is 3.37. The zero-order chi connectivity index (χ0) is 13.6. The van der Waals surface area contributed by atoms with Crippen molar-refractivity contribution < 1.29 is 17.9 Å². The van der Waals surface area contributed by atoms with Gasteiger partial charge < -0.3 is 10.1 Å². The van der Waals surface area contributed by atoms with Crippen LogP contribution in [0, 0.1) is 0 Å². The SMILES string of the molecule is CNS(=O)(=O)CCNc1cc(C(=O)OC)ccn1. The quantitative estimate of drug-likeness (QED) is 0.698. The van der Waals surface area contributed by atoms with Crippen LogP contribution in [0.25, 0.3) is 0 Å². The molecule has 100 valence electrons. The molecule has 0 saturated heterocycles. The van der Waals surface area contributed by atoms with Crippen LogP contribution in [0.15, 0.2) is 18.3 Å². The van der Waals surface area contributed by atoms with E-state index in [2.05, 4.69) is 19.8 Å². The van der Waals surface area contributed by atoms with Crippen LogP contribution in [-0.2, 0) is 14.8 Å². The van der Waals surface area contributed by atoms with E-state index < -0.39 is 16.0 Å². The minimum atomic E-state index is -3.25. The van der Waals surface area contributed by atoms with Gasteiger partial charge in [0.1, 0.15) is 5.82 Å². The highest BCUT2D eigenvalue weighted by Gasteiger charge is 2.08. The first kappa shape index (κ1) is 14.4. The molecule has 1 aromatic heterocycles. The second kappa shape index (κ2) is 6.31. The Morgan fingerprint density at radius 1 is 1.50 bits per heavy atom. The molecule has 0 saturated carbocycles. The minimum Gasteiger partial charge on any atom is -0.465 e. The largest absolute Gasteiger partial charge is 0.465 e. The zero-order valence-corrected chi connectivity index (χ0v) is 11.0. The van der Waals surface area contributed by atoms with Crippen molar-refractivity contribution >= 4 is 21.8 Å². The molecule has 0 aliphatic carbocycles. The Balaban J connectivity index is 2.61. The molecule has 0 amide bonds. The molecule has 0 spiro atoms. The third-order valence-electron chi connectivity index (χ3n) is 2.17. The average Bonchev–Trinajstić information content (AvgIpc) is 2.38. The third kappa shape index (κ3) is 4.30. The first-order valence-electron chi connectivity index (χ1n) is 5.18. The molecule has 2 N–H and O–H groups in total. The zero-order valence-electron chi connectivity index (χ0n) is 10.1. The van der Waals surface area contributed by atoms with Crippen molar-refractivity contribution in [2.45, 2.75) is 0 Å². The molecule has 0 unspecified atom stereocenters. The fourth-order valence-electron chi connectivity index (χ4n) is 1.19. The maximum absolute atomic E-state index is 11.3. The van der Waals surface area contributed by atoms with E-state index in [1.165, 1.54) is 32.5 Å². The summed E-state index contributed by atoms with van der Waals surface area (Å²) in [5.41, 5.74) is 0.353. The molecule has 18 heavy (non-hydrogen) atoms. The summed E-state index contributed by atoms with van der Waals surface area (Å²) in [5, 5.41) is 2.82. The van der Waals surface area contributed by atoms with Gasteiger partial charge in [-0.25, -0.2) is 22.9 Å². The van der Waals surface area contributed by atoms with Gasteiger partial charge in [0.15, 0.2) is 0 Å². The summed E-state index contributed by atoms with van der Waals surface area (Å²) >= 11 is 0. The van der Waals surface area contributed by atoms with Gasteiger partial charge in [-0.05, 0) is 19.2 Å². The molecule has 7 nitrogen and oxygen atoms in total. The van der Waals surface area contributed by atoms with Gasteiger partial charge in [0.05, 0.1) is 18.4 Å². The summed E-state index contributed by atoms with van der Waals surface area (Å²) in [6.07, 6.45) is 1.45. The van der Waals surface area contributed by atoms with E-state index in [-0.39, 0.29) is 12.3 Å². The number of rotatable bonds is 6. The molecule has 1 rings (SSSR count). The smallest absolute Gasteiger partial charge is 0.338 e. The Labute approximate surface area is 106 Å². The molecule has 0 aromatic carbocycles. The predicted molar refractivity (Wildman–Crippen MR) is 66.9 cm³/mol. The van der Waals surface area contributed by atoms with Gasteiger partial charge in [-0.15, -0.1) is 0 Å². The molecule has 0 fully saturated rings. The van der Waals surface area contributed by atoms with E-state index in [0.717, 1.165) is 0 Å². The standard InChI is InChI=1S/C10H15N3O4S/c1-11-18(15,16)6-5-13-9-7-8(3-4-12-9)10(14)17-2/h3-4,7,11H,5-6H2,1-2H3,(H,12,13). The lowest BCUT2D eigenvalue weighted by molar-refractivity contribution is 0.0600. The number of hydrogen-bond donors (Lipinski definition) is 2. The summed E-state index contributed by atoms with van der Waals surface area (Å²) in [5.74, 6) is -0.124. The van der Waals surface area contributed by atoms with Crippen LogP contribution in [0.2, 0.25) is 0 Å². The average molecular weight is 273 g/mol. The molecule has 0 atom stereocenters. The highest BCUT2D eigenvalue weighted by molar-refractivity contribution is 7.89. The van der Waals surface area contributed by atoms with Crippen LogP contribution < -0.4 is 10.0 Å². The van der Waals surface area contributed by atoms with Crippen molar-refractivity contribution in [3.63, 3.8) is 0 Å². The number of nitrogens with zero attached hydrogens (tertiary/aromatic N) is 1. The van der Waals surface area contributed by atoms with E-state index in [1.54, 1.807) is 0 Å². The van der Waals surface area contributed by atoms with E-state index in [4.69, 9.17) is 0 Å². The number of pyridine rings is 1. The number of ether oxygens (including phenoxy) is 1. The Hall–Kier alpha value is -1.67. The number of carbonyl (C=O) groups excluding carboxylic acids is 1. The number of methoxy groups -OCH3 is 1. The summed E-state index contributed by atoms with van der Waals surface area (Å²) < 4.78 is 29.1. The first-order valence-corrected chi connectivity index (χ1v) is 6.83. The number of sulfonamides is 1. The summed E-state index contributed by atoms with van der Waals surface area (Å²) in [4.78, 5) is 15.2. The van der Waals surface area contributed by atoms with Crippen molar-refractivity contribution in [1.82, 2.24) is 9.71 Å². The molecule has 0 bridgehead atoms. The molecule has 1 heterocycles. The molecule has 1 aromatic rings. The van der Waals surface area contributed by atoms with Gasteiger partial charge in [-0.1, -0.05) is 0 Å². The molecular weight excluding hydrogens is 258 g/mol. The lowest BCUT2D eigenvalue weighted by Crippen LogP contribution is -2.26. The Morgan fingerprint density at radius 2 is 2.22 bits per heavy atom. The molecule has 0 aliphatic rings. The second-order valence-corrected chi connectivity index (χ2v) is 5.42. The van der Waals surface area contributed by atoms with Crippen molar-refractivity contribution in [3.8, 4) is 0 Å². The van der Waals surface area contributed by atoms with E-state index in [9.17, 15) is 13.2 Å². The number of nitrogens with one attached hydrogen (secondary N) is 2. The first-order chi connectivity index (χ1) is 8.48. The van der Waals surface area contributed by atoms with Crippen LogP contribution in [0.3, 0.4) is 0 Å². The van der Waals surface area contributed by atoms with Crippen LogP contribution >= 0.6 is 0 Å². The topological polar surface area (TPSA) is 97.4 Å². The van der Waals surface area contributed by atoms with Gasteiger partial charge in [0.25, 0.3) is 0 Å². The predicted octanol–water partition coefficient (Wildman–Crippen LogP) is -0.171. The highest BCUT2D eigenvalue weighted by atomic mass is 32.2. The normalized spacial score (nSPS) is 11.0. The third-order valence-corrected chi connectivity index (χ3v) is 3.53. The fourth-order valence-corrected chi connectivity index (χ4v) is 1.76. The molecule has 0 radical (unpaired) electrons. The molecule has 8 heteroatoms. The summed E-state index contributed by atoms with van der Waals surface area (Å²) in [6, 6.07) is 3.01. The van der Waals surface area contributed by atoms with Crippen molar-refractivity contribution in [2.24, 2.45) is 0 Å². The van der Waals surface area contributed by atoms with Crippen LogP contribution in [0.4, 0.5) is 5.82 Å². The number of aromatic nitrogens is 1. The maximum Gasteiger partial charge on any atom is 0.338 e. The fraction of sp³-hybridized carbons (Fsp3) is 0.400. The maximum atomic E-state index is 11.3. The van der Waals surface area contributed by atoms with E-state index in [1.807, 2.05) is 0 Å². The van der Waals surface area contributed by atoms with Gasteiger partial charge in [-0.3, -0.25) is 0 Å². The molecular formula is C10H15N3O4S. The lowest BCUT2D eigenvalue weighted by atomic mass is 10.2. The van der Waals surface area contributed by atoms with Crippen LogP contribution in [0.5, 0.6) is 0 Å². The number of anilines is 1. The molecule has 0 aliphatic heterocycles. The number of esters is 1. The number of carbonyl (C=O) groups is 1. The van der Waals surface area contributed by atoms with E-state index in [0.29, 0.717) is 11.4 Å². The van der Waals surface area contributed by atoms with Crippen LogP contribution in [0.1, 0.15) is 10.4 Å². The Morgan fingerprint density at radius 3 is 2.83 bits per heavy atom. The van der Waals surface area contributed by atoms with Gasteiger partial charge in [0, 0.05) is 12.7 Å². The van der Waals surface area contributed by atoms with E-state index >= 15 is 0 Å². The number of hydrogen-bond acceptors (Lipinski definition) is 6. The van der Waals surface area contributed by atoms with Crippen molar-refractivity contribution in [1.29, 1.82) is 0 Å². The Bertz CT molecular complexity index is 516. The van der Waals surface area contributed by atoms with Crippen molar-refractivity contribution in [3.05, 3.63) is 23.9 Å². The Kier molecular flexibility index (Phi) is 5.05.